The lowest BCUT2D eigenvalue weighted by Crippen LogP contribution is -2.32. The second-order valence-corrected chi connectivity index (χ2v) is 3.66. The monoisotopic (exact) mass is 268 g/mol. The lowest BCUT2D eigenvalue weighted by molar-refractivity contribution is -0.117. The van der Waals surface area contributed by atoms with Gasteiger partial charge in [0.25, 0.3) is 0 Å². The van der Waals surface area contributed by atoms with E-state index in [1.807, 2.05) is 0 Å². The first kappa shape index (κ1) is 14.5. The van der Waals surface area contributed by atoms with Crippen LogP contribution in [0.5, 0.6) is 0 Å². The first-order valence-electron chi connectivity index (χ1n) is 3.97. The Hall–Kier alpha value is -0.480. The van der Waals surface area contributed by atoms with Crippen LogP contribution < -0.4 is 10.6 Å². The molecule has 0 spiro atoms. The highest BCUT2D eigenvalue weighted by Gasteiger charge is 2.09. The highest BCUT2D eigenvalue weighted by molar-refractivity contribution is 6.35. The van der Waals surface area contributed by atoms with Crippen LogP contribution in [0.1, 0.15) is 0 Å². The fourth-order valence-corrected chi connectivity index (χ4v) is 1.53. The standard InChI is InChI=1S/C9H10Cl2N2O.ClH/c1-13(9(14)5-12)8-3-6(10)2-7(11)4-8;/h2-4H,5,12H2,1H3;1H. The molecule has 0 bridgehead atoms. The molecule has 84 valence electrons. The Morgan fingerprint density at radius 1 is 1.33 bits per heavy atom. The van der Waals surface area contributed by atoms with Crippen molar-refractivity contribution >= 4 is 47.2 Å². The lowest BCUT2D eigenvalue weighted by atomic mass is 10.3. The average Bonchev–Trinajstić information content (AvgIpc) is 2.14. The van der Waals surface area contributed by atoms with Gasteiger partial charge in [-0.15, -0.1) is 12.4 Å². The molecule has 0 atom stereocenters. The molecule has 0 unspecified atom stereocenters. The van der Waals surface area contributed by atoms with Crippen LogP contribution in [0.3, 0.4) is 0 Å². The van der Waals surface area contributed by atoms with Gasteiger partial charge in [-0.3, -0.25) is 4.79 Å². The molecule has 0 fully saturated rings. The molecule has 0 saturated heterocycles. The summed E-state index contributed by atoms with van der Waals surface area (Å²) >= 11 is 11.6. The third-order valence-corrected chi connectivity index (χ3v) is 2.22. The summed E-state index contributed by atoms with van der Waals surface area (Å²) in [7, 11) is 1.62. The van der Waals surface area contributed by atoms with Crippen LogP contribution in [0, 0.1) is 0 Å². The molecule has 1 aromatic carbocycles. The number of nitrogens with two attached hydrogens (primary N) is 1. The van der Waals surface area contributed by atoms with Gasteiger partial charge in [0.1, 0.15) is 0 Å². The van der Waals surface area contributed by atoms with E-state index in [2.05, 4.69) is 0 Å². The van der Waals surface area contributed by atoms with Crippen molar-refractivity contribution in [3.05, 3.63) is 28.2 Å². The molecular formula is C9H11Cl3N2O. The number of amides is 1. The average molecular weight is 270 g/mol. The number of benzene rings is 1. The Morgan fingerprint density at radius 3 is 2.20 bits per heavy atom. The fraction of sp³-hybridized carbons (Fsp3) is 0.222. The molecular weight excluding hydrogens is 258 g/mol. The van der Waals surface area contributed by atoms with Crippen LogP contribution in [0.2, 0.25) is 10.0 Å². The van der Waals surface area contributed by atoms with Gasteiger partial charge in [0.05, 0.1) is 6.54 Å². The van der Waals surface area contributed by atoms with Gasteiger partial charge in [-0.25, -0.2) is 0 Å². The maximum atomic E-state index is 11.2. The van der Waals surface area contributed by atoms with Crippen LogP contribution in [-0.2, 0) is 4.79 Å². The third-order valence-electron chi connectivity index (χ3n) is 1.78. The summed E-state index contributed by atoms with van der Waals surface area (Å²) < 4.78 is 0. The first-order chi connectivity index (χ1) is 6.54. The van der Waals surface area contributed by atoms with E-state index in [4.69, 9.17) is 28.9 Å². The van der Waals surface area contributed by atoms with Gasteiger partial charge >= 0.3 is 0 Å². The van der Waals surface area contributed by atoms with Crippen molar-refractivity contribution in [2.24, 2.45) is 5.73 Å². The molecule has 0 aliphatic heterocycles. The Kier molecular flexibility index (Phi) is 5.98. The van der Waals surface area contributed by atoms with Gasteiger partial charge in [-0.2, -0.15) is 0 Å². The largest absolute Gasteiger partial charge is 0.322 e. The number of carbonyl (C=O) groups excluding carboxylic acids is 1. The number of anilines is 1. The number of rotatable bonds is 2. The minimum atomic E-state index is -0.191. The minimum absolute atomic E-state index is 0. The zero-order chi connectivity index (χ0) is 10.7. The van der Waals surface area contributed by atoms with E-state index < -0.39 is 0 Å². The number of likely N-dealkylation sites (N-methyl/N-ethyl adjacent to an activating group) is 1. The highest BCUT2D eigenvalue weighted by Crippen LogP contribution is 2.24. The van der Waals surface area contributed by atoms with Crippen molar-refractivity contribution in [2.45, 2.75) is 0 Å². The summed E-state index contributed by atoms with van der Waals surface area (Å²) in [5.74, 6) is -0.191. The molecule has 0 aliphatic carbocycles. The van der Waals surface area contributed by atoms with Gasteiger partial charge in [0.2, 0.25) is 5.91 Å². The van der Waals surface area contributed by atoms with Crippen molar-refractivity contribution in [1.29, 1.82) is 0 Å². The molecule has 1 amide bonds. The second-order valence-electron chi connectivity index (χ2n) is 2.78. The normalized spacial score (nSPS) is 9.33. The van der Waals surface area contributed by atoms with E-state index in [9.17, 15) is 4.79 Å². The molecule has 0 aliphatic rings. The van der Waals surface area contributed by atoms with Crippen LogP contribution >= 0.6 is 35.6 Å². The molecule has 0 radical (unpaired) electrons. The zero-order valence-electron chi connectivity index (χ0n) is 8.04. The van der Waals surface area contributed by atoms with Crippen LogP contribution in [0.25, 0.3) is 0 Å². The first-order valence-corrected chi connectivity index (χ1v) is 4.73. The van der Waals surface area contributed by atoms with E-state index in [0.717, 1.165) is 0 Å². The Bertz CT molecular complexity index is 337. The van der Waals surface area contributed by atoms with Gasteiger partial charge in [0, 0.05) is 22.8 Å². The van der Waals surface area contributed by atoms with E-state index in [1.165, 1.54) is 4.90 Å². The van der Waals surface area contributed by atoms with E-state index in [1.54, 1.807) is 25.2 Å². The number of hydrogen-bond donors (Lipinski definition) is 1. The molecule has 0 saturated carbocycles. The Labute approximate surface area is 105 Å². The van der Waals surface area contributed by atoms with Crippen LogP contribution in [-0.4, -0.2) is 19.5 Å². The summed E-state index contributed by atoms with van der Waals surface area (Å²) in [6, 6.07) is 4.91. The predicted molar refractivity (Wildman–Crippen MR) is 66.2 cm³/mol. The van der Waals surface area contributed by atoms with E-state index >= 15 is 0 Å². The molecule has 3 nitrogen and oxygen atoms in total. The summed E-state index contributed by atoms with van der Waals surface area (Å²) in [5, 5.41) is 0.980. The van der Waals surface area contributed by atoms with Gasteiger partial charge in [-0.05, 0) is 18.2 Å². The molecule has 1 aromatic rings. The molecule has 2 N–H and O–H groups in total. The maximum Gasteiger partial charge on any atom is 0.240 e. The van der Waals surface area contributed by atoms with Crippen molar-refractivity contribution in [3.8, 4) is 0 Å². The maximum absolute atomic E-state index is 11.2. The quantitative estimate of drug-likeness (QED) is 0.896. The SMILES string of the molecule is CN(C(=O)CN)c1cc(Cl)cc(Cl)c1.Cl. The van der Waals surface area contributed by atoms with Gasteiger partial charge < -0.3 is 10.6 Å². The highest BCUT2D eigenvalue weighted by atomic mass is 35.5. The van der Waals surface area contributed by atoms with E-state index in [0.29, 0.717) is 15.7 Å². The van der Waals surface area contributed by atoms with E-state index in [-0.39, 0.29) is 24.9 Å². The smallest absolute Gasteiger partial charge is 0.240 e. The zero-order valence-corrected chi connectivity index (χ0v) is 10.4. The summed E-state index contributed by atoms with van der Waals surface area (Å²) in [6.07, 6.45) is 0. The van der Waals surface area contributed by atoms with Gasteiger partial charge in [0.15, 0.2) is 0 Å². The summed E-state index contributed by atoms with van der Waals surface area (Å²) in [5.41, 5.74) is 5.87. The number of hydrogen-bond acceptors (Lipinski definition) is 2. The van der Waals surface area contributed by atoms with Gasteiger partial charge in [-0.1, -0.05) is 23.2 Å². The lowest BCUT2D eigenvalue weighted by Gasteiger charge is -2.16. The van der Waals surface area contributed by atoms with Crippen molar-refractivity contribution < 1.29 is 4.79 Å². The Balaban J connectivity index is 0.00000196. The van der Waals surface area contributed by atoms with Crippen molar-refractivity contribution in [2.75, 3.05) is 18.5 Å². The van der Waals surface area contributed by atoms with Crippen molar-refractivity contribution in [3.63, 3.8) is 0 Å². The molecule has 0 aromatic heterocycles. The van der Waals surface area contributed by atoms with Crippen LogP contribution in [0.4, 0.5) is 5.69 Å². The number of carbonyl (C=O) groups is 1. The topological polar surface area (TPSA) is 46.3 Å². The second kappa shape index (κ2) is 6.18. The fourth-order valence-electron chi connectivity index (χ4n) is 1.01. The third kappa shape index (κ3) is 3.87. The number of nitrogens with zero attached hydrogens (tertiary/aromatic N) is 1. The predicted octanol–water partition coefficient (Wildman–Crippen LogP) is 2.34. The van der Waals surface area contributed by atoms with Crippen LogP contribution in [0.15, 0.2) is 18.2 Å². The molecule has 6 heteroatoms. The molecule has 15 heavy (non-hydrogen) atoms. The Morgan fingerprint density at radius 2 is 1.80 bits per heavy atom. The molecule has 1 rings (SSSR count). The number of halogens is 3. The molecule has 0 heterocycles. The summed E-state index contributed by atoms with van der Waals surface area (Å²) in [4.78, 5) is 12.7. The minimum Gasteiger partial charge on any atom is -0.322 e. The van der Waals surface area contributed by atoms with Crippen molar-refractivity contribution in [1.82, 2.24) is 0 Å². The summed E-state index contributed by atoms with van der Waals surface area (Å²) in [6.45, 7) is -0.0410.